The van der Waals surface area contributed by atoms with Gasteiger partial charge in [0.1, 0.15) is 0 Å². The molecule has 0 unspecified atom stereocenters. The molecular weight excluding hydrogens is 511 g/mol. The Morgan fingerprint density at radius 2 is 2.07 bits per heavy atom. The highest BCUT2D eigenvalue weighted by Crippen LogP contribution is 2.34. The van der Waals surface area contributed by atoms with Gasteiger partial charge in [0.05, 0.1) is 37.7 Å². The van der Waals surface area contributed by atoms with Gasteiger partial charge < -0.3 is 14.9 Å². The average Bonchev–Trinajstić information content (AvgIpc) is 2.94. The van der Waals surface area contributed by atoms with Crippen molar-refractivity contribution in [1.82, 2.24) is 0 Å². The first kappa shape index (κ1) is 21.1. The average molecular weight is 527 g/mol. The Labute approximate surface area is 185 Å². The maximum absolute atomic E-state index is 12.9. The van der Waals surface area contributed by atoms with E-state index in [0.717, 1.165) is 5.01 Å². The van der Waals surface area contributed by atoms with Crippen LogP contribution >= 0.6 is 34.2 Å². The Morgan fingerprint density at radius 3 is 2.72 bits per heavy atom. The SMILES string of the molecule is CCOc1cc(/C=C2\C(=O)N(c3ccc(Cl)c(C(=O)O)c3)N=C2C)cc(I)c1O. The van der Waals surface area contributed by atoms with E-state index in [2.05, 4.69) is 5.10 Å². The summed E-state index contributed by atoms with van der Waals surface area (Å²) in [5.41, 5.74) is 1.67. The highest BCUT2D eigenvalue weighted by Gasteiger charge is 2.29. The predicted octanol–water partition coefficient (Wildman–Crippen LogP) is 4.55. The number of rotatable bonds is 5. The number of phenolic OH excluding ortho intramolecular Hbond substituents is 1. The molecule has 1 aliphatic heterocycles. The number of carboxylic acids is 1. The van der Waals surface area contributed by atoms with Gasteiger partial charge >= 0.3 is 5.97 Å². The van der Waals surface area contributed by atoms with Gasteiger partial charge in [-0.3, -0.25) is 4.79 Å². The van der Waals surface area contributed by atoms with Crippen molar-refractivity contribution in [3.63, 3.8) is 0 Å². The molecule has 2 aromatic carbocycles. The number of ether oxygens (including phenoxy) is 1. The molecule has 1 heterocycles. The van der Waals surface area contributed by atoms with Crippen LogP contribution in [0.25, 0.3) is 6.08 Å². The summed E-state index contributed by atoms with van der Waals surface area (Å²) in [5.74, 6) is -1.22. The fraction of sp³-hybridized carbons (Fsp3) is 0.150. The van der Waals surface area contributed by atoms with E-state index in [-0.39, 0.29) is 16.3 Å². The lowest BCUT2D eigenvalue weighted by Crippen LogP contribution is -2.21. The third kappa shape index (κ3) is 4.23. The van der Waals surface area contributed by atoms with E-state index < -0.39 is 11.9 Å². The van der Waals surface area contributed by atoms with Crippen LogP contribution in [0.2, 0.25) is 5.02 Å². The van der Waals surface area contributed by atoms with Gasteiger partial charge in [-0.25, -0.2) is 4.79 Å². The summed E-state index contributed by atoms with van der Waals surface area (Å²) in [6, 6.07) is 7.61. The molecule has 0 bridgehead atoms. The number of aromatic hydroxyl groups is 1. The first-order valence-electron chi connectivity index (χ1n) is 8.52. The Bertz CT molecular complexity index is 1080. The van der Waals surface area contributed by atoms with E-state index in [1.54, 1.807) is 25.1 Å². The van der Waals surface area contributed by atoms with E-state index >= 15 is 0 Å². The molecule has 1 aliphatic rings. The summed E-state index contributed by atoms with van der Waals surface area (Å²) < 4.78 is 6.02. The Kier molecular flexibility index (Phi) is 6.13. The van der Waals surface area contributed by atoms with Crippen molar-refractivity contribution in [2.24, 2.45) is 5.10 Å². The molecule has 2 N–H and O–H groups in total. The molecule has 0 fully saturated rings. The first-order valence-corrected chi connectivity index (χ1v) is 9.98. The molecular formula is C20H16ClIN2O5. The lowest BCUT2D eigenvalue weighted by Gasteiger charge is -2.13. The van der Waals surface area contributed by atoms with Crippen LogP contribution in [0.5, 0.6) is 11.5 Å². The van der Waals surface area contributed by atoms with Crippen molar-refractivity contribution >= 4 is 63.5 Å². The molecule has 29 heavy (non-hydrogen) atoms. The van der Waals surface area contributed by atoms with Gasteiger partial charge in [-0.1, -0.05) is 11.6 Å². The number of anilines is 1. The fourth-order valence-electron chi connectivity index (χ4n) is 2.78. The van der Waals surface area contributed by atoms with Gasteiger partial charge in [0.2, 0.25) is 0 Å². The minimum atomic E-state index is -1.19. The van der Waals surface area contributed by atoms with Crippen LogP contribution in [0, 0.1) is 3.57 Å². The minimum Gasteiger partial charge on any atom is -0.504 e. The number of hydrogen-bond acceptors (Lipinski definition) is 5. The normalized spacial score (nSPS) is 15.0. The van der Waals surface area contributed by atoms with Crippen molar-refractivity contribution in [3.8, 4) is 11.5 Å². The Balaban J connectivity index is 1.99. The lowest BCUT2D eigenvalue weighted by molar-refractivity contribution is -0.114. The van der Waals surface area contributed by atoms with E-state index in [0.29, 0.717) is 38.5 Å². The standard InChI is InChI=1S/C20H16ClIN2O5/c1-3-29-17-8-11(7-16(22)18(17)25)6-13-10(2)23-24(19(13)26)12-4-5-15(21)14(9-12)20(27)28/h4-9,25H,3H2,1-2H3,(H,27,28)/b13-6-. The number of benzene rings is 2. The van der Waals surface area contributed by atoms with Crippen LogP contribution in [0.1, 0.15) is 29.8 Å². The van der Waals surface area contributed by atoms with Crippen LogP contribution in [0.15, 0.2) is 41.0 Å². The quantitative estimate of drug-likeness (QED) is 0.440. The number of nitrogens with zero attached hydrogens (tertiary/aromatic N) is 2. The summed E-state index contributed by atoms with van der Waals surface area (Å²) in [6.07, 6.45) is 1.65. The smallest absolute Gasteiger partial charge is 0.337 e. The van der Waals surface area contributed by atoms with E-state index in [1.165, 1.54) is 18.2 Å². The fourth-order valence-corrected chi connectivity index (χ4v) is 3.60. The number of carbonyl (C=O) groups excluding carboxylic acids is 1. The Hall–Kier alpha value is -2.59. The van der Waals surface area contributed by atoms with E-state index in [4.69, 9.17) is 16.3 Å². The molecule has 0 atom stereocenters. The highest BCUT2D eigenvalue weighted by molar-refractivity contribution is 14.1. The molecule has 1 amide bonds. The van der Waals surface area contributed by atoms with Gasteiger partial charge in [0.15, 0.2) is 11.5 Å². The number of phenols is 1. The molecule has 0 saturated carbocycles. The highest BCUT2D eigenvalue weighted by atomic mass is 127. The number of aromatic carboxylic acids is 1. The van der Waals surface area contributed by atoms with Crippen molar-refractivity contribution in [1.29, 1.82) is 0 Å². The molecule has 0 spiro atoms. The molecule has 9 heteroatoms. The molecule has 150 valence electrons. The molecule has 0 radical (unpaired) electrons. The molecule has 0 saturated heterocycles. The largest absolute Gasteiger partial charge is 0.504 e. The second-order valence-electron chi connectivity index (χ2n) is 6.11. The van der Waals surface area contributed by atoms with Gasteiger partial charge in [0, 0.05) is 0 Å². The topological polar surface area (TPSA) is 99.4 Å². The van der Waals surface area contributed by atoms with Gasteiger partial charge in [-0.15, -0.1) is 0 Å². The number of carbonyl (C=O) groups is 2. The van der Waals surface area contributed by atoms with Crippen LogP contribution in [0.3, 0.4) is 0 Å². The number of amides is 1. The second kappa shape index (κ2) is 8.42. The Morgan fingerprint density at radius 1 is 1.34 bits per heavy atom. The zero-order chi connectivity index (χ0) is 21.3. The van der Waals surface area contributed by atoms with E-state index in [9.17, 15) is 19.8 Å². The van der Waals surface area contributed by atoms with Crippen molar-refractivity contribution in [2.45, 2.75) is 13.8 Å². The maximum atomic E-state index is 12.9. The maximum Gasteiger partial charge on any atom is 0.337 e. The van der Waals surface area contributed by atoms with Crippen molar-refractivity contribution in [2.75, 3.05) is 11.6 Å². The molecule has 2 aromatic rings. The summed E-state index contributed by atoms with van der Waals surface area (Å²) in [5, 5.41) is 24.8. The van der Waals surface area contributed by atoms with E-state index in [1.807, 2.05) is 29.5 Å². The number of hydrazone groups is 1. The van der Waals surface area contributed by atoms with Crippen LogP contribution in [-0.4, -0.2) is 34.4 Å². The van der Waals surface area contributed by atoms with Crippen molar-refractivity contribution in [3.05, 3.63) is 55.6 Å². The second-order valence-corrected chi connectivity index (χ2v) is 7.68. The van der Waals surface area contributed by atoms with Crippen LogP contribution < -0.4 is 9.75 Å². The zero-order valence-electron chi connectivity index (χ0n) is 15.4. The number of carboxylic acid groups (broad SMARTS) is 1. The number of hydrogen-bond donors (Lipinski definition) is 2. The first-order chi connectivity index (χ1) is 13.7. The minimum absolute atomic E-state index is 0.0433. The summed E-state index contributed by atoms with van der Waals surface area (Å²) in [6.45, 7) is 3.88. The third-order valence-corrected chi connectivity index (χ3v) is 5.30. The molecule has 7 nitrogen and oxygen atoms in total. The predicted molar refractivity (Wildman–Crippen MR) is 119 cm³/mol. The molecule has 0 aromatic heterocycles. The summed E-state index contributed by atoms with van der Waals surface area (Å²) in [7, 11) is 0. The third-order valence-electron chi connectivity index (χ3n) is 4.15. The van der Waals surface area contributed by atoms with Crippen LogP contribution in [0.4, 0.5) is 5.69 Å². The van der Waals surface area contributed by atoms with Gasteiger partial charge in [0.25, 0.3) is 5.91 Å². The lowest BCUT2D eigenvalue weighted by atomic mass is 10.1. The monoisotopic (exact) mass is 526 g/mol. The van der Waals surface area contributed by atoms with Gasteiger partial charge in [-0.05, 0) is 78.4 Å². The zero-order valence-corrected chi connectivity index (χ0v) is 18.4. The number of halogens is 2. The summed E-state index contributed by atoms with van der Waals surface area (Å²) in [4.78, 5) is 24.2. The van der Waals surface area contributed by atoms with Gasteiger partial charge in [-0.2, -0.15) is 10.1 Å². The van der Waals surface area contributed by atoms with Crippen LogP contribution in [-0.2, 0) is 4.79 Å². The van der Waals surface area contributed by atoms with Crippen molar-refractivity contribution < 1.29 is 24.5 Å². The summed E-state index contributed by atoms with van der Waals surface area (Å²) >= 11 is 7.89. The molecule has 0 aliphatic carbocycles. The molecule has 3 rings (SSSR count).